The summed E-state index contributed by atoms with van der Waals surface area (Å²) in [5.41, 5.74) is 0.699. The van der Waals surface area contributed by atoms with Gasteiger partial charge in [0.15, 0.2) is 0 Å². The van der Waals surface area contributed by atoms with Gasteiger partial charge in [0.2, 0.25) is 11.6 Å². The normalized spacial score (nSPS) is 10.4. The van der Waals surface area contributed by atoms with Gasteiger partial charge >= 0.3 is 5.69 Å². The fourth-order valence-electron chi connectivity index (χ4n) is 1.91. The number of hydrogen-bond donors (Lipinski definition) is 0. The van der Waals surface area contributed by atoms with Crippen LogP contribution < -0.4 is 4.74 Å². The van der Waals surface area contributed by atoms with Crippen molar-refractivity contribution in [3.8, 4) is 17.3 Å². The summed E-state index contributed by atoms with van der Waals surface area (Å²) in [5, 5.41) is 15.8. The summed E-state index contributed by atoms with van der Waals surface area (Å²) in [4.78, 5) is 10.5. The summed E-state index contributed by atoms with van der Waals surface area (Å²) >= 11 is 5.84. The third kappa shape index (κ3) is 2.91. The predicted octanol–water partition coefficient (Wildman–Crippen LogP) is 4.23. The maximum Gasteiger partial charge on any atom is 0.311 e. The van der Waals surface area contributed by atoms with E-state index >= 15 is 0 Å². The van der Waals surface area contributed by atoms with E-state index in [1.165, 1.54) is 12.1 Å². The number of halogens is 1. The van der Waals surface area contributed by atoms with Gasteiger partial charge in [0, 0.05) is 23.4 Å². The molecule has 3 aromatic rings. The Kier molecular flexibility index (Phi) is 3.76. The number of rotatable bonds is 4. The summed E-state index contributed by atoms with van der Waals surface area (Å²) < 4.78 is 7.09. The number of nitro benzene ring substituents is 1. The highest BCUT2D eigenvalue weighted by Crippen LogP contribution is 2.30. The monoisotopic (exact) mass is 315 g/mol. The van der Waals surface area contributed by atoms with Crippen molar-refractivity contribution in [2.45, 2.75) is 0 Å². The molecule has 0 spiro atoms. The van der Waals surface area contributed by atoms with Crippen molar-refractivity contribution < 1.29 is 9.66 Å². The van der Waals surface area contributed by atoms with Gasteiger partial charge < -0.3 is 4.74 Å². The van der Waals surface area contributed by atoms with E-state index < -0.39 is 4.92 Å². The van der Waals surface area contributed by atoms with Crippen LogP contribution >= 0.6 is 11.6 Å². The van der Waals surface area contributed by atoms with Gasteiger partial charge in [-0.1, -0.05) is 23.7 Å². The van der Waals surface area contributed by atoms with Gasteiger partial charge in [-0.3, -0.25) is 10.1 Å². The van der Waals surface area contributed by atoms with E-state index in [2.05, 4.69) is 5.10 Å². The Balaban J connectivity index is 1.86. The van der Waals surface area contributed by atoms with Crippen molar-refractivity contribution in [2.24, 2.45) is 0 Å². The zero-order valence-corrected chi connectivity index (χ0v) is 12.0. The molecule has 0 aliphatic rings. The van der Waals surface area contributed by atoms with E-state index in [1.807, 2.05) is 12.1 Å². The largest absolute Gasteiger partial charge is 0.430 e. The lowest BCUT2D eigenvalue weighted by atomic mass is 10.3. The Morgan fingerprint density at radius 2 is 1.82 bits per heavy atom. The fraction of sp³-hybridized carbons (Fsp3) is 0. The Hall–Kier alpha value is -2.86. The topological polar surface area (TPSA) is 70.2 Å². The van der Waals surface area contributed by atoms with Crippen LogP contribution in [0.4, 0.5) is 5.69 Å². The average molecular weight is 316 g/mol. The number of aromatic nitrogens is 2. The molecule has 0 atom stereocenters. The lowest BCUT2D eigenvalue weighted by molar-refractivity contribution is -0.385. The van der Waals surface area contributed by atoms with Crippen molar-refractivity contribution in [2.75, 3.05) is 0 Å². The van der Waals surface area contributed by atoms with Crippen LogP contribution in [0.1, 0.15) is 0 Å². The second-order valence-electron chi connectivity index (χ2n) is 4.40. The van der Waals surface area contributed by atoms with Crippen LogP contribution in [0, 0.1) is 10.1 Å². The first kappa shape index (κ1) is 14.1. The SMILES string of the molecule is O=[N+]([O-])c1ccccc1Oc1ccn(-c2ccc(Cl)cc2)n1. The lowest BCUT2D eigenvalue weighted by Crippen LogP contribution is -1.96. The summed E-state index contributed by atoms with van der Waals surface area (Å²) in [7, 11) is 0. The molecule has 6 nitrogen and oxygen atoms in total. The van der Waals surface area contributed by atoms with Gasteiger partial charge in [0.25, 0.3) is 0 Å². The summed E-state index contributed by atoms with van der Waals surface area (Å²) in [6.07, 6.45) is 1.70. The molecular weight excluding hydrogens is 306 g/mol. The van der Waals surface area contributed by atoms with Crippen LogP contribution in [0.25, 0.3) is 5.69 Å². The molecule has 1 heterocycles. The Bertz CT molecular complexity index is 815. The fourth-order valence-corrected chi connectivity index (χ4v) is 2.03. The molecule has 0 bridgehead atoms. The van der Waals surface area contributed by atoms with Gasteiger partial charge in [0.05, 0.1) is 10.6 Å². The molecule has 3 rings (SSSR count). The molecule has 2 aromatic carbocycles. The minimum Gasteiger partial charge on any atom is -0.430 e. The van der Waals surface area contributed by atoms with Gasteiger partial charge in [-0.25, -0.2) is 4.68 Å². The first-order valence-electron chi connectivity index (χ1n) is 6.36. The van der Waals surface area contributed by atoms with Crippen LogP contribution in [0.5, 0.6) is 11.6 Å². The smallest absolute Gasteiger partial charge is 0.311 e. The molecule has 0 saturated carbocycles. The first-order valence-corrected chi connectivity index (χ1v) is 6.74. The minimum atomic E-state index is -0.495. The van der Waals surface area contributed by atoms with Crippen molar-refractivity contribution in [3.63, 3.8) is 0 Å². The number of hydrogen-bond acceptors (Lipinski definition) is 4. The van der Waals surface area contributed by atoms with E-state index in [1.54, 1.807) is 41.2 Å². The maximum absolute atomic E-state index is 11.0. The molecule has 0 radical (unpaired) electrons. The van der Waals surface area contributed by atoms with E-state index in [0.717, 1.165) is 5.69 Å². The van der Waals surface area contributed by atoms with Crippen molar-refractivity contribution in [1.29, 1.82) is 0 Å². The van der Waals surface area contributed by atoms with Gasteiger partial charge in [-0.2, -0.15) is 0 Å². The number of benzene rings is 2. The Morgan fingerprint density at radius 3 is 2.55 bits per heavy atom. The second-order valence-corrected chi connectivity index (χ2v) is 4.84. The van der Waals surface area contributed by atoms with Gasteiger partial charge in [-0.05, 0) is 30.3 Å². The standard InChI is InChI=1S/C15H10ClN3O3/c16-11-5-7-12(8-6-11)18-10-9-15(17-18)22-14-4-2-1-3-13(14)19(20)21/h1-10H. The zero-order chi connectivity index (χ0) is 15.5. The minimum absolute atomic E-state index is 0.108. The van der Waals surface area contributed by atoms with Crippen LogP contribution in [-0.2, 0) is 0 Å². The third-order valence-corrected chi connectivity index (χ3v) is 3.18. The molecule has 0 fully saturated rings. The highest BCUT2D eigenvalue weighted by atomic mass is 35.5. The quantitative estimate of drug-likeness (QED) is 0.533. The van der Waals surface area contributed by atoms with Crippen LogP contribution in [0.15, 0.2) is 60.8 Å². The Labute approximate surface area is 130 Å². The molecule has 0 aliphatic carbocycles. The second kappa shape index (κ2) is 5.87. The number of ether oxygens (including phenoxy) is 1. The van der Waals surface area contributed by atoms with Gasteiger partial charge in [0.1, 0.15) is 0 Å². The first-order chi connectivity index (χ1) is 10.6. The average Bonchev–Trinajstić information content (AvgIpc) is 2.97. The molecule has 0 unspecified atom stereocenters. The molecule has 0 saturated heterocycles. The summed E-state index contributed by atoms with van der Waals surface area (Å²) in [6.45, 7) is 0. The predicted molar refractivity (Wildman–Crippen MR) is 81.7 cm³/mol. The molecule has 0 amide bonds. The van der Waals surface area contributed by atoms with E-state index in [0.29, 0.717) is 5.02 Å². The summed E-state index contributed by atoms with van der Waals surface area (Å²) in [5.74, 6) is 0.415. The highest BCUT2D eigenvalue weighted by Gasteiger charge is 2.15. The van der Waals surface area contributed by atoms with Crippen molar-refractivity contribution in [3.05, 3.63) is 75.9 Å². The number of nitrogens with zero attached hydrogens (tertiary/aromatic N) is 3. The number of nitro groups is 1. The highest BCUT2D eigenvalue weighted by molar-refractivity contribution is 6.30. The molecule has 1 aromatic heterocycles. The van der Waals surface area contributed by atoms with E-state index in [-0.39, 0.29) is 17.3 Å². The van der Waals surface area contributed by atoms with E-state index in [9.17, 15) is 10.1 Å². The molecule has 0 aliphatic heterocycles. The molecular formula is C15H10ClN3O3. The van der Waals surface area contributed by atoms with Crippen LogP contribution in [0.2, 0.25) is 5.02 Å². The zero-order valence-electron chi connectivity index (χ0n) is 11.2. The molecule has 110 valence electrons. The Morgan fingerprint density at radius 1 is 1.09 bits per heavy atom. The van der Waals surface area contributed by atoms with Crippen LogP contribution in [-0.4, -0.2) is 14.7 Å². The molecule has 0 N–H and O–H groups in total. The van der Waals surface area contributed by atoms with Gasteiger partial charge in [-0.15, -0.1) is 5.10 Å². The maximum atomic E-state index is 11.0. The molecule has 22 heavy (non-hydrogen) atoms. The van der Waals surface area contributed by atoms with Crippen molar-refractivity contribution >= 4 is 17.3 Å². The van der Waals surface area contributed by atoms with Crippen molar-refractivity contribution in [1.82, 2.24) is 9.78 Å². The third-order valence-electron chi connectivity index (χ3n) is 2.93. The summed E-state index contributed by atoms with van der Waals surface area (Å²) in [6, 6.07) is 14.9. The lowest BCUT2D eigenvalue weighted by Gasteiger charge is -2.03. The number of para-hydroxylation sites is 2. The van der Waals surface area contributed by atoms with E-state index in [4.69, 9.17) is 16.3 Å². The van der Waals surface area contributed by atoms with Crippen LogP contribution in [0.3, 0.4) is 0 Å². The molecule has 7 heteroatoms.